The molecule has 0 radical (unpaired) electrons. The number of carbonyl (C=O) groups excluding carboxylic acids is 2. The highest BCUT2D eigenvalue weighted by atomic mass is 32.2. The third-order valence-electron chi connectivity index (χ3n) is 4.07. The van der Waals surface area contributed by atoms with Gasteiger partial charge in [-0.25, -0.2) is 9.48 Å². The third-order valence-corrected chi connectivity index (χ3v) is 4.74. The molecule has 146 valence electrons. The summed E-state index contributed by atoms with van der Waals surface area (Å²) in [6, 6.07) is 9.20. The quantitative estimate of drug-likeness (QED) is 0.492. The van der Waals surface area contributed by atoms with Crippen molar-refractivity contribution in [1.82, 2.24) is 19.6 Å². The van der Waals surface area contributed by atoms with E-state index in [-0.39, 0.29) is 29.4 Å². The van der Waals surface area contributed by atoms with Crippen molar-refractivity contribution in [3.8, 4) is 5.69 Å². The Kier molecular flexibility index (Phi) is 5.41. The summed E-state index contributed by atoms with van der Waals surface area (Å²) in [5.74, 6) is -1.14. The zero-order chi connectivity index (χ0) is 20.4. The fraction of sp³-hybridized carbons (Fsp3) is 0.222. The maximum absolute atomic E-state index is 13.1. The third kappa shape index (κ3) is 3.22. The van der Waals surface area contributed by atoms with E-state index in [9.17, 15) is 9.59 Å². The van der Waals surface area contributed by atoms with Gasteiger partial charge in [0.1, 0.15) is 27.8 Å². The highest BCUT2D eigenvalue weighted by Crippen LogP contribution is 2.28. The Morgan fingerprint density at radius 2 is 1.79 bits per heavy atom. The van der Waals surface area contributed by atoms with Crippen molar-refractivity contribution in [1.29, 1.82) is 0 Å². The summed E-state index contributed by atoms with van der Waals surface area (Å²) in [5.41, 5.74) is 13.6. The average molecular weight is 400 g/mol. The second-order valence-electron chi connectivity index (χ2n) is 5.80. The topological polar surface area (TPSA) is 131 Å². The Bertz CT molecular complexity index is 1040. The smallest absolute Gasteiger partial charge is 0.344 e. The molecule has 0 aliphatic carbocycles. The van der Waals surface area contributed by atoms with Gasteiger partial charge in [-0.3, -0.25) is 4.79 Å². The lowest BCUT2D eigenvalue weighted by Crippen LogP contribution is -2.19. The Morgan fingerprint density at radius 3 is 2.39 bits per heavy atom. The number of nitrogens with two attached hydrogens (primary N) is 2. The molecule has 0 spiro atoms. The molecule has 0 amide bonds. The number of nitrogens with zero attached hydrogens (tertiary/aromatic N) is 4. The Morgan fingerprint density at radius 1 is 1.11 bits per heavy atom. The van der Waals surface area contributed by atoms with E-state index >= 15 is 0 Å². The van der Waals surface area contributed by atoms with Gasteiger partial charge in [0, 0.05) is 0 Å². The van der Waals surface area contributed by atoms with Crippen LogP contribution in [0.1, 0.15) is 33.3 Å². The molecule has 1 aromatic carbocycles. The average Bonchev–Trinajstić information content (AvgIpc) is 3.18. The predicted octanol–water partition coefficient (Wildman–Crippen LogP) is 2.13. The number of rotatable bonds is 5. The first kappa shape index (κ1) is 19.5. The normalized spacial score (nSPS) is 10.8. The number of hydrogen-bond acceptors (Lipinski definition) is 8. The van der Waals surface area contributed by atoms with Crippen LogP contribution in [0.4, 0.5) is 11.6 Å². The van der Waals surface area contributed by atoms with Gasteiger partial charge in [-0.1, -0.05) is 18.2 Å². The summed E-state index contributed by atoms with van der Waals surface area (Å²) in [6.45, 7) is 3.54. The van der Waals surface area contributed by atoms with E-state index in [1.165, 1.54) is 16.4 Å². The zero-order valence-electron chi connectivity index (χ0n) is 15.7. The molecule has 0 fully saturated rings. The molecule has 0 aliphatic heterocycles. The molecule has 3 rings (SSSR count). The molecule has 28 heavy (non-hydrogen) atoms. The van der Waals surface area contributed by atoms with Gasteiger partial charge >= 0.3 is 5.97 Å². The SMILES string of the molecule is CCOC(=O)c1c(SC)nn(C(=O)c2c(C)nn(-c3ccccc3)c2N)c1N. The van der Waals surface area contributed by atoms with Crippen LogP contribution in [-0.4, -0.2) is 44.3 Å². The molecule has 0 bridgehead atoms. The molecular weight excluding hydrogens is 380 g/mol. The second-order valence-corrected chi connectivity index (χ2v) is 6.59. The number of aromatic nitrogens is 4. The molecule has 3 aromatic rings. The number of anilines is 2. The van der Waals surface area contributed by atoms with Gasteiger partial charge in [0.25, 0.3) is 5.91 Å². The minimum absolute atomic E-state index is 0.0642. The number of ether oxygens (including phenoxy) is 1. The number of aryl methyl sites for hydroxylation is 1. The maximum atomic E-state index is 13.1. The molecule has 10 heteroatoms. The molecule has 0 saturated carbocycles. The van der Waals surface area contributed by atoms with Crippen molar-refractivity contribution < 1.29 is 14.3 Å². The van der Waals surface area contributed by atoms with Crippen molar-refractivity contribution in [2.75, 3.05) is 24.3 Å². The van der Waals surface area contributed by atoms with Crippen molar-refractivity contribution in [2.45, 2.75) is 18.9 Å². The van der Waals surface area contributed by atoms with Gasteiger partial charge in [-0.05, 0) is 32.2 Å². The van der Waals surface area contributed by atoms with Crippen LogP contribution in [0.2, 0.25) is 0 Å². The number of hydrogen-bond donors (Lipinski definition) is 2. The summed E-state index contributed by atoms with van der Waals surface area (Å²) in [7, 11) is 0. The number of nitrogen functional groups attached to an aromatic ring is 2. The van der Waals surface area contributed by atoms with Crippen molar-refractivity contribution >= 4 is 35.3 Å². The lowest BCUT2D eigenvalue weighted by molar-refractivity contribution is 0.0523. The minimum atomic E-state index is -0.631. The molecule has 4 N–H and O–H groups in total. The van der Waals surface area contributed by atoms with Gasteiger partial charge in [-0.15, -0.1) is 11.8 Å². The highest BCUT2D eigenvalue weighted by molar-refractivity contribution is 7.98. The summed E-state index contributed by atoms with van der Waals surface area (Å²) in [4.78, 5) is 25.4. The van der Waals surface area contributed by atoms with Gasteiger partial charge in [-0.2, -0.15) is 14.9 Å². The van der Waals surface area contributed by atoms with Crippen LogP contribution in [-0.2, 0) is 4.74 Å². The van der Waals surface area contributed by atoms with Gasteiger partial charge in [0.2, 0.25) is 0 Å². The van der Waals surface area contributed by atoms with Crippen molar-refractivity contribution in [2.24, 2.45) is 0 Å². The van der Waals surface area contributed by atoms with Gasteiger partial charge in [0.15, 0.2) is 0 Å². The second kappa shape index (κ2) is 7.77. The van der Waals surface area contributed by atoms with E-state index in [0.717, 1.165) is 4.68 Å². The first-order valence-electron chi connectivity index (χ1n) is 8.45. The maximum Gasteiger partial charge on any atom is 0.344 e. The van der Waals surface area contributed by atoms with E-state index in [1.807, 2.05) is 30.3 Å². The van der Waals surface area contributed by atoms with Gasteiger partial charge in [0.05, 0.1) is 18.0 Å². The van der Waals surface area contributed by atoms with Crippen LogP contribution < -0.4 is 11.5 Å². The number of carbonyl (C=O) groups is 2. The van der Waals surface area contributed by atoms with Gasteiger partial charge < -0.3 is 16.2 Å². The Labute approximate surface area is 165 Å². The Hall–Kier alpha value is -3.27. The van der Waals surface area contributed by atoms with E-state index in [0.29, 0.717) is 16.4 Å². The molecule has 0 aliphatic rings. The number of benzene rings is 1. The first-order chi connectivity index (χ1) is 13.4. The van der Waals surface area contributed by atoms with E-state index in [1.54, 1.807) is 20.1 Å². The summed E-state index contributed by atoms with van der Waals surface area (Å²) >= 11 is 1.19. The zero-order valence-corrected chi connectivity index (χ0v) is 16.5. The fourth-order valence-corrected chi connectivity index (χ4v) is 3.34. The van der Waals surface area contributed by atoms with Crippen LogP contribution in [0.15, 0.2) is 35.4 Å². The van der Waals surface area contributed by atoms with Crippen molar-refractivity contribution in [3.63, 3.8) is 0 Å². The molecule has 2 heterocycles. The molecule has 0 atom stereocenters. The minimum Gasteiger partial charge on any atom is -0.462 e. The largest absolute Gasteiger partial charge is 0.462 e. The van der Waals surface area contributed by atoms with Crippen LogP contribution in [0.25, 0.3) is 5.69 Å². The lowest BCUT2D eigenvalue weighted by atomic mass is 10.2. The monoisotopic (exact) mass is 400 g/mol. The molecule has 2 aromatic heterocycles. The number of thioether (sulfide) groups is 1. The molecular formula is C18H20N6O3S. The van der Waals surface area contributed by atoms with Crippen LogP contribution in [0.5, 0.6) is 0 Å². The molecule has 0 unspecified atom stereocenters. The summed E-state index contributed by atoms with van der Waals surface area (Å²) < 4.78 is 7.46. The summed E-state index contributed by atoms with van der Waals surface area (Å²) in [5, 5.41) is 8.85. The predicted molar refractivity (Wildman–Crippen MR) is 107 cm³/mol. The van der Waals surface area contributed by atoms with Crippen LogP contribution in [0, 0.1) is 6.92 Å². The molecule has 9 nitrogen and oxygen atoms in total. The molecule has 0 saturated heterocycles. The summed E-state index contributed by atoms with van der Waals surface area (Å²) in [6.07, 6.45) is 1.73. The standard InChI is InChI=1S/C18H20N6O3S/c1-4-27-18(26)13-15(20)24(22-16(13)28-3)17(25)12-10(2)21-23(14(12)19)11-8-6-5-7-9-11/h5-9H,4,19-20H2,1-3H3. The Balaban J connectivity index is 2.09. The number of esters is 1. The van der Waals surface area contributed by atoms with Crippen LogP contribution >= 0.6 is 11.8 Å². The van der Waals surface area contributed by atoms with Crippen LogP contribution in [0.3, 0.4) is 0 Å². The highest BCUT2D eigenvalue weighted by Gasteiger charge is 2.29. The lowest BCUT2D eigenvalue weighted by Gasteiger charge is -2.06. The van der Waals surface area contributed by atoms with E-state index < -0.39 is 11.9 Å². The van der Waals surface area contributed by atoms with E-state index in [2.05, 4.69) is 10.2 Å². The number of para-hydroxylation sites is 1. The van der Waals surface area contributed by atoms with E-state index in [4.69, 9.17) is 16.2 Å². The first-order valence-corrected chi connectivity index (χ1v) is 9.67. The van der Waals surface area contributed by atoms with Crippen molar-refractivity contribution in [3.05, 3.63) is 47.2 Å². The fourth-order valence-electron chi connectivity index (χ4n) is 2.78.